The van der Waals surface area contributed by atoms with Crippen molar-refractivity contribution in [1.82, 2.24) is 10.2 Å². The van der Waals surface area contributed by atoms with Crippen molar-refractivity contribution in [2.45, 2.75) is 51.4 Å². The number of nitrogens with zero attached hydrogens (tertiary/aromatic N) is 1. The van der Waals surface area contributed by atoms with Crippen molar-refractivity contribution in [2.75, 3.05) is 19.6 Å². The summed E-state index contributed by atoms with van der Waals surface area (Å²) < 4.78 is 0. The molecule has 1 aliphatic carbocycles. The van der Waals surface area contributed by atoms with E-state index in [9.17, 15) is 19.5 Å². The van der Waals surface area contributed by atoms with Crippen molar-refractivity contribution < 1.29 is 19.5 Å². The summed E-state index contributed by atoms with van der Waals surface area (Å²) >= 11 is 0. The average Bonchev–Trinajstić information content (AvgIpc) is 2.80. The molecule has 1 heterocycles. The Hall–Kier alpha value is -1.59. The van der Waals surface area contributed by atoms with E-state index in [4.69, 9.17) is 0 Å². The molecule has 0 aromatic carbocycles. The first-order valence-corrected chi connectivity index (χ1v) is 7.81. The molecule has 0 radical (unpaired) electrons. The lowest BCUT2D eigenvalue weighted by molar-refractivity contribution is -0.154. The number of aliphatic carboxylic acids is 1. The summed E-state index contributed by atoms with van der Waals surface area (Å²) in [5, 5.41) is 12.3. The van der Waals surface area contributed by atoms with Crippen LogP contribution in [0.2, 0.25) is 0 Å². The minimum absolute atomic E-state index is 0.0484. The van der Waals surface area contributed by atoms with Crippen LogP contribution < -0.4 is 5.32 Å². The highest BCUT2D eigenvalue weighted by atomic mass is 16.4. The first-order valence-electron chi connectivity index (χ1n) is 7.81. The number of carbonyl (C=O) groups excluding carboxylic acids is 2. The zero-order valence-corrected chi connectivity index (χ0v) is 12.4. The monoisotopic (exact) mass is 296 g/mol. The molecular weight excluding hydrogens is 272 g/mol. The van der Waals surface area contributed by atoms with Crippen LogP contribution in [-0.4, -0.2) is 47.4 Å². The number of carboxylic acid groups (broad SMARTS) is 1. The predicted octanol–water partition coefficient (Wildman–Crippen LogP) is 1.15. The lowest BCUT2D eigenvalue weighted by Crippen LogP contribution is -2.41. The van der Waals surface area contributed by atoms with Crippen LogP contribution in [0.5, 0.6) is 0 Å². The maximum atomic E-state index is 12.5. The number of hydrogen-bond donors (Lipinski definition) is 2. The molecule has 2 fully saturated rings. The number of amides is 2. The van der Waals surface area contributed by atoms with Crippen LogP contribution >= 0.6 is 0 Å². The molecule has 6 nitrogen and oxygen atoms in total. The van der Waals surface area contributed by atoms with Crippen LogP contribution in [0.1, 0.15) is 51.4 Å². The van der Waals surface area contributed by atoms with E-state index in [1.54, 1.807) is 4.90 Å². The molecule has 2 aliphatic rings. The highest BCUT2D eigenvalue weighted by molar-refractivity contribution is 5.86. The Labute approximate surface area is 124 Å². The zero-order valence-electron chi connectivity index (χ0n) is 12.4. The molecule has 0 unspecified atom stereocenters. The van der Waals surface area contributed by atoms with E-state index in [0.717, 1.165) is 25.7 Å². The summed E-state index contributed by atoms with van der Waals surface area (Å²) in [5.41, 5.74) is -0.905. The third-order valence-corrected chi connectivity index (χ3v) is 4.67. The van der Waals surface area contributed by atoms with Crippen LogP contribution in [0.15, 0.2) is 0 Å². The SMILES string of the molecule is O=C1CCN(C(=O)CC2(C(=O)O)CCCCCC2)CCN1. The Morgan fingerprint density at radius 3 is 2.43 bits per heavy atom. The van der Waals surface area contributed by atoms with Crippen molar-refractivity contribution in [2.24, 2.45) is 5.41 Å². The van der Waals surface area contributed by atoms with Gasteiger partial charge in [0.25, 0.3) is 0 Å². The van der Waals surface area contributed by atoms with Crippen LogP contribution in [-0.2, 0) is 14.4 Å². The molecule has 0 atom stereocenters. The Morgan fingerprint density at radius 2 is 1.81 bits per heavy atom. The maximum absolute atomic E-state index is 12.5. The number of carboxylic acids is 1. The van der Waals surface area contributed by atoms with Gasteiger partial charge in [0.15, 0.2) is 0 Å². The lowest BCUT2D eigenvalue weighted by atomic mass is 9.77. The third kappa shape index (κ3) is 3.95. The van der Waals surface area contributed by atoms with Crippen molar-refractivity contribution in [3.63, 3.8) is 0 Å². The molecule has 0 aromatic rings. The van der Waals surface area contributed by atoms with E-state index in [1.807, 2.05) is 0 Å². The summed E-state index contributed by atoms with van der Waals surface area (Å²) in [5.74, 6) is -1.02. The molecule has 2 rings (SSSR count). The molecule has 118 valence electrons. The molecule has 1 saturated heterocycles. The molecule has 1 saturated carbocycles. The molecule has 6 heteroatoms. The van der Waals surface area contributed by atoms with Crippen molar-refractivity contribution in [3.8, 4) is 0 Å². The van der Waals surface area contributed by atoms with Gasteiger partial charge in [0.1, 0.15) is 0 Å². The molecule has 2 amide bonds. The normalized spacial score (nSPS) is 22.9. The highest BCUT2D eigenvalue weighted by Gasteiger charge is 2.41. The fourth-order valence-electron chi connectivity index (χ4n) is 3.29. The zero-order chi connectivity index (χ0) is 15.3. The van der Waals surface area contributed by atoms with Gasteiger partial charge in [-0.25, -0.2) is 0 Å². The topological polar surface area (TPSA) is 86.7 Å². The van der Waals surface area contributed by atoms with E-state index in [-0.39, 0.29) is 18.2 Å². The fourth-order valence-corrected chi connectivity index (χ4v) is 3.29. The number of hydrogen-bond acceptors (Lipinski definition) is 3. The Bertz CT molecular complexity index is 414. The van der Waals surface area contributed by atoms with E-state index in [2.05, 4.69) is 5.32 Å². The molecule has 0 spiro atoms. The van der Waals surface area contributed by atoms with Gasteiger partial charge in [-0.3, -0.25) is 14.4 Å². The van der Waals surface area contributed by atoms with E-state index >= 15 is 0 Å². The summed E-state index contributed by atoms with van der Waals surface area (Å²) in [6.07, 6.45) is 5.37. The van der Waals surface area contributed by atoms with Gasteiger partial charge in [-0.15, -0.1) is 0 Å². The minimum Gasteiger partial charge on any atom is -0.481 e. The van der Waals surface area contributed by atoms with Gasteiger partial charge in [0.2, 0.25) is 11.8 Å². The van der Waals surface area contributed by atoms with Crippen molar-refractivity contribution >= 4 is 17.8 Å². The molecule has 0 aromatic heterocycles. The van der Waals surface area contributed by atoms with Crippen molar-refractivity contribution in [3.05, 3.63) is 0 Å². The summed E-state index contributed by atoms with van der Waals surface area (Å²) in [4.78, 5) is 37.1. The molecule has 1 aliphatic heterocycles. The maximum Gasteiger partial charge on any atom is 0.310 e. The van der Waals surface area contributed by atoms with Crippen LogP contribution in [0.4, 0.5) is 0 Å². The summed E-state index contributed by atoms with van der Waals surface area (Å²) in [6.45, 7) is 1.31. The number of nitrogens with one attached hydrogen (secondary N) is 1. The van der Waals surface area contributed by atoms with E-state index < -0.39 is 11.4 Å². The minimum atomic E-state index is -0.905. The first-order chi connectivity index (χ1) is 10.0. The molecule has 21 heavy (non-hydrogen) atoms. The van der Waals surface area contributed by atoms with Gasteiger partial charge in [-0.1, -0.05) is 25.7 Å². The van der Waals surface area contributed by atoms with Gasteiger partial charge in [0, 0.05) is 32.5 Å². The van der Waals surface area contributed by atoms with Crippen molar-refractivity contribution in [1.29, 1.82) is 0 Å². The van der Waals surface area contributed by atoms with Gasteiger partial charge >= 0.3 is 5.97 Å². The average molecular weight is 296 g/mol. The summed E-state index contributed by atoms with van der Waals surface area (Å²) in [7, 11) is 0. The third-order valence-electron chi connectivity index (χ3n) is 4.67. The van der Waals surface area contributed by atoms with Gasteiger partial charge in [-0.2, -0.15) is 0 Å². The lowest BCUT2D eigenvalue weighted by Gasteiger charge is -2.30. The van der Waals surface area contributed by atoms with E-state index in [0.29, 0.717) is 38.9 Å². The Morgan fingerprint density at radius 1 is 1.14 bits per heavy atom. The first kappa shape index (κ1) is 15.8. The quantitative estimate of drug-likeness (QED) is 0.765. The van der Waals surface area contributed by atoms with Gasteiger partial charge in [-0.05, 0) is 12.8 Å². The largest absolute Gasteiger partial charge is 0.481 e. The van der Waals surface area contributed by atoms with Crippen LogP contribution in [0, 0.1) is 5.41 Å². The smallest absolute Gasteiger partial charge is 0.310 e. The molecular formula is C15H24N2O4. The van der Waals surface area contributed by atoms with Crippen LogP contribution in [0.3, 0.4) is 0 Å². The fraction of sp³-hybridized carbons (Fsp3) is 0.800. The Balaban J connectivity index is 2.03. The standard InChI is InChI=1S/C15H24N2O4/c18-12-5-9-17(10-8-16-12)13(19)11-15(14(20)21)6-3-1-2-4-7-15/h1-11H2,(H,16,18)(H,20,21). The van der Waals surface area contributed by atoms with Crippen LogP contribution in [0.25, 0.3) is 0 Å². The second kappa shape index (κ2) is 6.91. The second-order valence-electron chi connectivity index (χ2n) is 6.16. The molecule has 0 bridgehead atoms. The predicted molar refractivity (Wildman–Crippen MR) is 76.6 cm³/mol. The Kier molecular flexibility index (Phi) is 5.20. The van der Waals surface area contributed by atoms with Gasteiger partial charge in [0.05, 0.1) is 5.41 Å². The van der Waals surface area contributed by atoms with Gasteiger partial charge < -0.3 is 15.3 Å². The highest BCUT2D eigenvalue weighted by Crippen LogP contribution is 2.39. The van der Waals surface area contributed by atoms with E-state index in [1.165, 1.54) is 0 Å². The summed E-state index contributed by atoms with van der Waals surface area (Å²) in [6, 6.07) is 0. The number of rotatable bonds is 3. The second-order valence-corrected chi connectivity index (χ2v) is 6.16. The number of carbonyl (C=O) groups is 3. The molecule has 2 N–H and O–H groups in total.